The van der Waals surface area contributed by atoms with Gasteiger partial charge in [0.15, 0.2) is 0 Å². The van der Waals surface area contributed by atoms with E-state index in [1.165, 1.54) is 18.4 Å². The van der Waals surface area contributed by atoms with E-state index in [-0.39, 0.29) is 0 Å². The van der Waals surface area contributed by atoms with Crippen LogP contribution in [0.4, 0.5) is 0 Å². The van der Waals surface area contributed by atoms with Crippen molar-refractivity contribution in [2.45, 2.75) is 45.1 Å². The smallest absolute Gasteiger partial charge is 0.320 e. The van der Waals surface area contributed by atoms with Crippen LogP contribution in [0.1, 0.15) is 37.3 Å². The summed E-state index contributed by atoms with van der Waals surface area (Å²) in [7, 11) is 0. The minimum absolute atomic E-state index is 0.414. The predicted octanol–water partition coefficient (Wildman–Crippen LogP) is 2.37. The third kappa shape index (κ3) is 4.57. The van der Waals surface area contributed by atoms with Crippen LogP contribution in [-0.2, 0) is 17.6 Å². The first-order chi connectivity index (χ1) is 8.15. The molecule has 0 unspecified atom stereocenters. The van der Waals surface area contributed by atoms with Crippen LogP contribution in [0.3, 0.4) is 0 Å². The van der Waals surface area contributed by atoms with Crippen LogP contribution in [0.5, 0.6) is 0 Å². The molecule has 94 valence electrons. The number of carboxylic acid groups (broad SMARTS) is 1. The fourth-order valence-electron chi connectivity index (χ4n) is 1.89. The SMILES string of the molecule is CCCCCc1ccccc1C[C@H](N)C(=O)O. The quantitative estimate of drug-likeness (QED) is 0.713. The Labute approximate surface area is 103 Å². The van der Waals surface area contributed by atoms with Crippen LogP contribution >= 0.6 is 0 Å². The Balaban J connectivity index is 2.66. The Morgan fingerprint density at radius 3 is 2.53 bits per heavy atom. The second-order valence-electron chi connectivity index (χ2n) is 4.37. The number of aryl methyl sites for hydroxylation is 1. The zero-order valence-electron chi connectivity index (χ0n) is 10.4. The summed E-state index contributed by atoms with van der Waals surface area (Å²) in [5.41, 5.74) is 7.87. The lowest BCUT2D eigenvalue weighted by Crippen LogP contribution is -2.32. The highest BCUT2D eigenvalue weighted by Crippen LogP contribution is 2.14. The van der Waals surface area contributed by atoms with E-state index in [1.807, 2.05) is 18.2 Å². The summed E-state index contributed by atoms with van der Waals surface area (Å²) in [4.78, 5) is 10.8. The molecule has 3 N–H and O–H groups in total. The third-order valence-corrected chi connectivity index (χ3v) is 2.93. The van der Waals surface area contributed by atoms with Crippen molar-refractivity contribution in [3.05, 3.63) is 35.4 Å². The molecule has 0 aromatic heterocycles. The number of nitrogens with two attached hydrogens (primary N) is 1. The van der Waals surface area contributed by atoms with Gasteiger partial charge in [-0.3, -0.25) is 4.79 Å². The third-order valence-electron chi connectivity index (χ3n) is 2.93. The van der Waals surface area contributed by atoms with Crippen molar-refractivity contribution < 1.29 is 9.90 Å². The van der Waals surface area contributed by atoms with E-state index in [0.717, 1.165) is 18.4 Å². The van der Waals surface area contributed by atoms with Gasteiger partial charge in [-0.05, 0) is 30.4 Å². The molecular weight excluding hydrogens is 214 g/mol. The Bertz CT molecular complexity index is 363. The van der Waals surface area contributed by atoms with Crippen molar-refractivity contribution in [3.8, 4) is 0 Å². The van der Waals surface area contributed by atoms with Crippen molar-refractivity contribution >= 4 is 5.97 Å². The lowest BCUT2D eigenvalue weighted by atomic mass is 9.97. The van der Waals surface area contributed by atoms with Gasteiger partial charge in [0.05, 0.1) is 0 Å². The van der Waals surface area contributed by atoms with Crippen LogP contribution in [0.25, 0.3) is 0 Å². The van der Waals surface area contributed by atoms with Gasteiger partial charge in [-0.2, -0.15) is 0 Å². The Hall–Kier alpha value is -1.35. The minimum atomic E-state index is -0.937. The van der Waals surface area contributed by atoms with Crippen molar-refractivity contribution in [3.63, 3.8) is 0 Å². The molecule has 17 heavy (non-hydrogen) atoms. The van der Waals surface area contributed by atoms with Gasteiger partial charge in [-0.25, -0.2) is 0 Å². The number of rotatable bonds is 7. The number of hydrogen-bond donors (Lipinski definition) is 2. The Kier molecular flexibility index (Phi) is 5.70. The first-order valence-electron chi connectivity index (χ1n) is 6.20. The molecule has 0 bridgehead atoms. The van der Waals surface area contributed by atoms with Gasteiger partial charge in [0, 0.05) is 0 Å². The molecule has 1 aromatic carbocycles. The van der Waals surface area contributed by atoms with Gasteiger partial charge in [0.25, 0.3) is 0 Å². The molecule has 1 atom stereocenters. The van der Waals surface area contributed by atoms with E-state index in [0.29, 0.717) is 6.42 Å². The highest BCUT2D eigenvalue weighted by Gasteiger charge is 2.13. The van der Waals surface area contributed by atoms with Crippen LogP contribution in [-0.4, -0.2) is 17.1 Å². The average Bonchev–Trinajstić information content (AvgIpc) is 2.31. The number of carboxylic acids is 1. The van der Waals surface area contributed by atoms with E-state index >= 15 is 0 Å². The van der Waals surface area contributed by atoms with Crippen LogP contribution in [0, 0.1) is 0 Å². The lowest BCUT2D eigenvalue weighted by Gasteiger charge is -2.11. The fourth-order valence-corrected chi connectivity index (χ4v) is 1.89. The molecule has 0 heterocycles. The molecule has 0 saturated carbocycles. The monoisotopic (exact) mass is 235 g/mol. The molecule has 1 aromatic rings. The maximum Gasteiger partial charge on any atom is 0.320 e. The van der Waals surface area contributed by atoms with E-state index in [2.05, 4.69) is 13.0 Å². The van der Waals surface area contributed by atoms with Gasteiger partial charge in [0.2, 0.25) is 0 Å². The molecule has 0 aliphatic carbocycles. The van der Waals surface area contributed by atoms with Crippen LogP contribution in [0.15, 0.2) is 24.3 Å². The molecular formula is C14H21NO2. The zero-order chi connectivity index (χ0) is 12.7. The first-order valence-corrected chi connectivity index (χ1v) is 6.20. The van der Waals surface area contributed by atoms with E-state index in [9.17, 15) is 4.79 Å². The number of carbonyl (C=O) groups is 1. The van der Waals surface area contributed by atoms with Gasteiger partial charge < -0.3 is 10.8 Å². The predicted molar refractivity (Wildman–Crippen MR) is 69.0 cm³/mol. The molecule has 1 rings (SSSR count). The lowest BCUT2D eigenvalue weighted by molar-refractivity contribution is -0.138. The van der Waals surface area contributed by atoms with Crippen LogP contribution in [0.2, 0.25) is 0 Å². The molecule has 0 saturated heterocycles. The van der Waals surface area contributed by atoms with Crippen LogP contribution < -0.4 is 5.73 Å². The molecule has 0 aliphatic heterocycles. The second-order valence-corrected chi connectivity index (χ2v) is 4.37. The molecule has 0 radical (unpaired) electrons. The Morgan fingerprint density at radius 2 is 1.94 bits per heavy atom. The average molecular weight is 235 g/mol. The normalized spacial score (nSPS) is 12.4. The largest absolute Gasteiger partial charge is 0.480 e. The molecule has 0 amide bonds. The number of unbranched alkanes of at least 4 members (excludes halogenated alkanes) is 2. The first kappa shape index (κ1) is 13.7. The molecule has 3 nitrogen and oxygen atoms in total. The fraction of sp³-hybridized carbons (Fsp3) is 0.500. The molecule has 0 fully saturated rings. The summed E-state index contributed by atoms with van der Waals surface area (Å²) >= 11 is 0. The summed E-state index contributed by atoms with van der Waals surface area (Å²) in [5, 5.41) is 8.82. The highest BCUT2D eigenvalue weighted by molar-refractivity contribution is 5.73. The van der Waals surface area contributed by atoms with E-state index < -0.39 is 12.0 Å². The molecule has 0 spiro atoms. The Morgan fingerprint density at radius 1 is 1.29 bits per heavy atom. The van der Waals surface area contributed by atoms with E-state index in [1.54, 1.807) is 0 Å². The van der Waals surface area contributed by atoms with Gasteiger partial charge >= 0.3 is 5.97 Å². The summed E-state index contributed by atoms with van der Waals surface area (Å²) in [6.45, 7) is 2.17. The molecule has 0 aliphatic rings. The summed E-state index contributed by atoms with van der Waals surface area (Å²) in [5.74, 6) is -0.937. The second kappa shape index (κ2) is 7.07. The number of aliphatic carboxylic acids is 1. The van der Waals surface area contributed by atoms with Gasteiger partial charge in [0.1, 0.15) is 6.04 Å². The standard InChI is InChI=1S/C14H21NO2/c1-2-3-4-7-11-8-5-6-9-12(11)10-13(15)14(16)17/h5-6,8-9,13H,2-4,7,10,15H2,1H3,(H,16,17)/t13-/m0/s1. The van der Waals surface area contributed by atoms with Gasteiger partial charge in [-0.1, -0.05) is 44.0 Å². The maximum atomic E-state index is 10.8. The van der Waals surface area contributed by atoms with E-state index in [4.69, 9.17) is 10.8 Å². The van der Waals surface area contributed by atoms with Crippen molar-refractivity contribution in [1.82, 2.24) is 0 Å². The van der Waals surface area contributed by atoms with Crippen molar-refractivity contribution in [1.29, 1.82) is 0 Å². The summed E-state index contributed by atoms with van der Waals surface area (Å²) in [6.07, 6.45) is 4.97. The number of hydrogen-bond acceptors (Lipinski definition) is 2. The van der Waals surface area contributed by atoms with Crippen molar-refractivity contribution in [2.75, 3.05) is 0 Å². The number of benzene rings is 1. The molecule has 3 heteroatoms. The highest BCUT2D eigenvalue weighted by atomic mass is 16.4. The minimum Gasteiger partial charge on any atom is -0.480 e. The topological polar surface area (TPSA) is 63.3 Å². The van der Waals surface area contributed by atoms with Crippen molar-refractivity contribution in [2.24, 2.45) is 5.73 Å². The van der Waals surface area contributed by atoms with Gasteiger partial charge in [-0.15, -0.1) is 0 Å². The summed E-state index contributed by atoms with van der Waals surface area (Å²) < 4.78 is 0. The zero-order valence-corrected chi connectivity index (χ0v) is 10.4. The summed E-state index contributed by atoms with van der Waals surface area (Å²) in [6, 6.07) is 7.18. The maximum absolute atomic E-state index is 10.8.